The molecule has 0 atom stereocenters. The highest BCUT2D eigenvalue weighted by molar-refractivity contribution is 5.95. The minimum Gasteiger partial charge on any atom is -0.493 e. The summed E-state index contributed by atoms with van der Waals surface area (Å²) in [6.07, 6.45) is 0.135. The number of methoxy groups -OCH3 is 3. The van der Waals surface area contributed by atoms with Gasteiger partial charge in [-0.15, -0.1) is 0 Å². The molecule has 0 aliphatic heterocycles. The van der Waals surface area contributed by atoms with Crippen molar-refractivity contribution < 1.29 is 28.5 Å². The SMILES string of the molecule is CCOC(=O)CCN(CCOC)C(=O)c1ccc(OC)c(OC)c1. The molecule has 0 saturated carbocycles. The Morgan fingerprint density at radius 1 is 1.04 bits per heavy atom. The Morgan fingerprint density at radius 2 is 1.75 bits per heavy atom. The van der Waals surface area contributed by atoms with Crippen molar-refractivity contribution >= 4 is 11.9 Å². The average Bonchev–Trinajstić information content (AvgIpc) is 2.60. The van der Waals surface area contributed by atoms with E-state index in [0.29, 0.717) is 36.8 Å². The molecule has 7 nitrogen and oxygen atoms in total. The highest BCUT2D eigenvalue weighted by Gasteiger charge is 2.19. The van der Waals surface area contributed by atoms with Gasteiger partial charge >= 0.3 is 5.97 Å². The van der Waals surface area contributed by atoms with E-state index in [-0.39, 0.29) is 24.8 Å². The quantitative estimate of drug-likeness (QED) is 0.605. The van der Waals surface area contributed by atoms with Crippen molar-refractivity contribution in [3.8, 4) is 11.5 Å². The molecule has 1 amide bonds. The molecule has 0 heterocycles. The van der Waals surface area contributed by atoms with Gasteiger partial charge in [0.2, 0.25) is 0 Å². The van der Waals surface area contributed by atoms with Gasteiger partial charge in [-0.25, -0.2) is 0 Å². The lowest BCUT2D eigenvalue weighted by molar-refractivity contribution is -0.143. The molecule has 1 aromatic rings. The summed E-state index contributed by atoms with van der Waals surface area (Å²) in [5.74, 6) is 0.474. The number of nitrogens with zero attached hydrogens (tertiary/aromatic N) is 1. The van der Waals surface area contributed by atoms with Crippen LogP contribution in [0, 0.1) is 0 Å². The number of rotatable bonds is 10. The normalized spacial score (nSPS) is 10.2. The number of ether oxygens (including phenoxy) is 4. The van der Waals surface area contributed by atoms with Crippen molar-refractivity contribution in [3.63, 3.8) is 0 Å². The number of carbonyl (C=O) groups is 2. The monoisotopic (exact) mass is 339 g/mol. The van der Waals surface area contributed by atoms with Crippen LogP contribution in [0.1, 0.15) is 23.7 Å². The number of amides is 1. The smallest absolute Gasteiger partial charge is 0.307 e. The van der Waals surface area contributed by atoms with E-state index in [1.807, 2.05) is 0 Å². The Kier molecular flexibility index (Phi) is 8.64. The number of hydrogen-bond acceptors (Lipinski definition) is 6. The first-order valence-electron chi connectivity index (χ1n) is 7.73. The van der Waals surface area contributed by atoms with Gasteiger partial charge in [0.15, 0.2) is 11.5 Å². The van der Waals surface area contributed by atoms with E-state index >= 15 is 0 Å². The first-order valence-corrected chi connectivity index (χ1v) is 7.73. The average molecular weight is 339 g/mol. The topological polar surface area (TPSA) is 74.3 Å². The fourth-order valence-electron chi connectivity index (χ4n) is 2.13. The molecule has 0 radical (unpaired) electrons. The molecule has 0 spiro atoms. The Hall–Kier alpha value is -2.28. The Balaban J connectivity index is 2.88. The van der Waals surface area contributed by atoms with Gasteiger partial charge in [0.25, 0.3) is 5.91 Å². The molecule has 0 aliphatic carbocycles. The van der Waals surface area contributed by atoms with Crippen molar-refractivity contribution in [2.45, 2.75) is 13.3 Å². The van der Waals surface area contributed by atoms with Crippen molar-refractivity contribution in [1.82, 2.24) is 4.90 Å². The molecule has 7 heteroatoms. The molecule has 0 fully saturated rings. The van der Waals surface area contributed by atoms with Crippen LogP contribution in [-0.4, -0.2) is 64.4 Å². The van der Waals surface area contributed by atoms with Gasteiger partial charge in [-0.05, 0) is 25.1 Å². The summed E-state index contributed by atoms with van der Waals surface area (Å²) < 4.78 is 20.3. The minimum absolute atomic E-state index is 0.135. The fraction of sp³-hybridized carbons (Fsp3) is 0.529. The molecule has 0 saturated heterocycles. The zero-order valence-corrected chi connectivity index (χ0v) is 14.7. The third-order valence-electron chi connectivity index (χ3n) is 3.37. The van der Waals surface area contributed by atoms with Crippen LogP contribution < -0.4 is 9.47 Å². The van der Waals surface area contributed by atoms with E-state index in [1.54, 1.807) is 37.1 Å². The maximum absolute atomic E-state index is 12.7. The molecular weight excluding hydrogens is 314 g/mol. The van der Waals surface area contributed by atoms with Crippen LogP contribution in [-0.2, 0) is 14.3 Å². The lowest BCUT2D eigenvalue weighted by Gasteiger charge is -2.22. The highest BCUT2D eigenvalue weighted by Crippen LogP contribution is 2.28. The van der Waals surface area contributed by atoms with Crippen LogP contribution >= 0.6 is 0 Å². The second kappa shape index (κ2) is 10.5. The molecule has 1 rings (SSSR count). The molecule has 0 aromatic heterocycles. The van der Waals surface area contributed by atoms with E-state index in [2.05, 4.69) is 0 Å². The molecular formula is C17H25NO6. The molecule has 0 aliphatic rings. The summed E-state index contributed by atoms with van der Waals surface area (Å²) in [5, 5.41) is 0. The van der Waals surface area contributed by atoms with Gasteiger partial charge in [0, 0.05) is 25.8 Å². The van der Waals surface area contributed by atoms with E-state index in [4.69, 9.17) is 18.9 Å². The van der Waals surface area contributed by atoms with Gasteiger partial charge in [0.1, 0.15) is 0 Å². The van der Waals surface area contributed by atoms with Crippen molar-refractivity contribution in [1.29, 1.82) is 0 Å². The fourth-order valence-corrected chi connectivity index (χ4v) is 2.13. The number of carbonyl (C=O) groups excluding carboxylic acids is 2. The number of hydrogen-bond donors (Lipinski definition) is 0. The standard InChI is InChI=1S/C17H25NO6/c1-5-24-16(19)8-9-18(10-11-21-2)17(20)13-6-7-14(22-3)15(12-13)23-4/h6-7,12H,5,8-11H2,1-4H3. The van der Waals surface area contributed by atoms with Crippen molar-refractivity contribution in [2.75, 3.05) is 47.6 Å². The molecule has 0 N–H and O–H groups in total. The van der Waals surface area contributed by atoms with Gasteiger partial charge in [-0.1, -0.05) is 0 Å². The van der Waals surface area contributed by atoms with E-state index in [0.717, 1.165) is 0 Å². The summed E-state index contributed by atoms with van der Waals surface area (Å²) in [4.78, 5) is 25.8. The van der Waals surface area contributed by atoms with Crippen molar-refractivity contribution in [3.05, 3.63) is 23.8 Å². The predicted octanol–water partition coefficient (Wildman–Crippen LogP) is 1.75. The van der Waals surface area contributed by atoms with Gasteiger partial charge < -0.3 is 23.8 Å². The second-order valence-corrected chi connectivity index (χ2v) is 4.91. The Labute approximate surface area is 142 Å². The minimum atomic E-state index is -0.333. The zero-order chi connectivity index (χ0) is 17.9. The van der Waals surface area contributed by atoms with E-state index in [9.17, 15) is 9.59 Å². The van der Waals surface area contributed by atoms with E-state index < -0.39 is 0 Å². The number of esters is 1. The third kappa shape index (κ3) is 5.73. The molecule has 0 unspecified atom stereocenters. The summed E-state index contributed by atoms with van der Waals surface area (Å²) in [7, 11) is 4.60. The van der Waals surface area contributed by atoms with Gasteiger partial charge in [0.05, 0.1) is 33.9 Å². The number of benzene rings is 1. The summed E-state index contributed by atoms with van der Waals surface area (Å²) in [6.45, 7) is 3.08. The lowest BCUT2D eigenvalue weighted by atomic mass is 10.1. The maximum atomic E-state index is 12.7. The van der Waals surface area contributed by atoms with E-state index in [1.165, 1.54) is 14.2 Å². The first-order chi connectivity index (χ1) is 11.6. The molecule has 24 heavy (non-hydrogen) atoms. The largest absolute Gasteiger partial charge is 0.493 e. The highest BCUT2D eigenvalue weighted by atomic mass is 16.5. The van der Waals surface area contributed by atoms with Crippen LogP contribution in [0.5, 0.6) is 11.5 Å². The predicted molar refractivity (Wildman–Crippen MR) is 88.6 cm³/mol. The zero-order valence-electron chi connectivity index (χ0n) is 14.7. The van der Waals surface area contributed by atoms with Gasteiger partial charge in [-0.2, -0.15) is 0 Å². The Bertz CT molecular complexity index is 546. The summed E-state index contributed by atoms with van der Waals surface area (Å²) >= 11 is 0. The van der Waals surface area contributed by atoms with Crippen LogP contribution in [0.3, 0.4) is 0 Å². The summed E-state index contributed by atoms with van der Waals surface area (Å²) in [5.41, 5.74) is 0.451. The second-order valence-electron chi connectivity index (χ2n) is 4.91. The van der Waals surface area contributed by atoms with Crippen LogP contribution in [0.25, 0.3) is 0 Å². The first kappa shape index (κ1) is 19.8. The molecule has 1 aromatic carbocycles. The van der Waals surface area contributed by atoms with Crippen LogP contribution in [0.2, 0.25) is 0 Å². The summed E-state index contributed by atoms with van der Waals surface area (Å²) in [6, 6.07) is 4.95. The van der Waals surface area contributed by atoms with Gasteiger partial charge in [-0.3, -0.25) is 9.59 Å². The maximum Gasteiger partial charge on any atom is 0.307 e. The Morgan fingerprint density at radius 3 is 2.33 bits per heavy atom. The molecule has 0 bridgehead atoms. The lowest BCUT2D eigenvalue weighted by Crippen LogP contribution is -2.36. The third-order valence-corrected chi connectivity index (χ3v) is 3.37. The van der Waals surface area contributed by atoms with Crippen molar-refractivity contribution in [2.24, 2.45) is 0 Å². The van der Waals surface area contributed by atoms with Crippen LogP contribution in [0.4, 0.5) is 0 Å². The molecule has 134 valence electrons. The van der Waals surface area contributed by atoms with Crippen LogP contribution in [0.15, 0.2) is 18.2 Å².